The number of alkyl carbamates (subject to hydrolysis) is 1. The van der Waals surface area contributed by atoms with Crippen LogP contribution >= 0.6 is 0 Å². The van der Waals surface area contributed by atoms with Gasteiger partial charge in [-0.15, -0.1) is 0 Å². The molecule has 0 aromatic heterocycles. The first-order valence-corrected chi connectivity index (χ1v) is 10.7. The van der Waals surface area contributed by atoms with E-state index in [1.807, 2.05) is 20.8 Å². The second-order valence-corrected chi connectivity index (χ2v) is 9.61. The van der Waals surface area contributed by atoms with Crippen LogP contribution in [-0.4, -0.2) is 30.3 Å². The van der Waals surface area contributed by atoms with Crippen molar-refractivity contribution in [2.75, 3.05) is 6.54 Å². The van der Waals surface area contributed by atoms with Crippen LogP contribution in [0.2, 0.25) is 0 Å². The third-order valence-corrected chi connectivity index (χ3v) is 6.56. The van der Waals surface area contributed by atoms with E-state index in [9.17, 15) is 4.79 Å². The fourth-order valence-corrected chi connectivity index (χ4v) is 4.73. The molecule has 0 aromatic rings. The molecule has 144 valence electrons. The Bertz CT molecular complexity index is 418. The molecule has 0 aliphatic heterocycles. The van der Waals surface area contributed by atoms with Crippen molar-refractivity contribution in [1.82, 2.24) is 10.6 Å². The molecule has 3 aliphatic rings. The van der Waals surface area contributed by atoms with E-state index in [0.717, 1.165) is 11.8 Å². The molecule has 25 heavy (non-hydrogen) atoms. The number of hydrogen-bond donors (Lipinski definition) is 2. The SMILES string of the molecule is CC(C)(C)OC(=O)NCC(NC(C1CCC1)C1CCC1)C1CCCC1. The lowest BCUT2D eigenvalue weighted by atomic mass is 9.68. The van der Waals surface area contributed by atoms with Gasteiger partial charge >= 0.3 is 6.09 Å². The molecule has 1 unspecified atom stereocenters. The van der Waals surface area contributed by atoms with Crippen molar-refractivity contribution in [2.45, 2.75) is 103 Å². The number of amides is 1. The molecule has 3 saturated carbocycles. The third kappa shape index (κ3) is 5.35. The summed E-state index contributed by atoms with van der Waals surface area (Å²) in [5, 5.41) is 7.10. The predicted octanol–water partition coefficient (Wildman–Crippen LogP) is 4.63. The first kappa shape index (κ1) is 19.0. The molecule has 1 amide bonds. The molecule has 3 rings (SSSR count). The predicted molar refractivity (Wildman–Crippen MR) is 102 cm³/mol. The van der Waals surface area contributed by atoms with E-state index in [2.05, 4.69) is 10.6 Å². The van der Waals surface area contributed by atoms with Crippen molar-refractivity contribution in [2.24, 2.45) is 17.8 Å². The van der Waals surface area contributed by atoms with E-state index >= 15 is 0 Å². The summed E-state index contributed by atoms with van der Waals surface area (Å²) in [7, 11) is 0. The quantitative estimate of drug-likeness (QED) is 0.704. The van der Waals surface area contributed by atoms with Crippen LogP contribution in [-0.2, 0) is 4.74 Å². The zero-order valence-corrected chi connectivity index (χ0v) is 16.5. The molecule has 3 aliphatic carbocycles. The van der Waals surface area contributed by atoms with Gasteiger partial charge in [-0.25, -0.2) is 4.79 Å². The summed E-state index contributed by atoms with van der Waals surface area (Å²) in [6.45, 7) is 6.46. The molecule has 0 heterocycles. The van der Waals surface area contributed by atoms with E-state index in [1.54, 1.807) is 0 Å². The maximum absolute atomic E-state index is 12.1. The molecular formula is C21H38N2O2. The highest BCUT2D eigenvalue weighted by molar-refractivity contribution is 5.67. The minimum absolute atomic E-state index is 0.277. The molecule has 0 saturated heterocycles. The van der Waals surface area contributed by atoms with Crippen LogP contribution in [0.4, 0.5) is 4.79 Å². The van der Waals surface area contributed by atoms with Gasteiger partial charge in [0.15, 0.2) is 0 Å². The largest absolute Gasteiger partial charge is 0.444 e. The normalized spacial score (nSPS) is 24.0. The summed E-state index contributed by atoms with van der Waals surface area (Å²) >= 11 is 0. The van der Waals surface area contributed by atoms with Crippen molar-refractivity contribution >= 4 is 6.09 Å². The van der Waals surface area contributed by atoms with Crippen molar-refractivity contribution in [3.8, 4) is 0 Å². The van der Waals surface area contributed by atoms with E-state index in [-0.39, 0.29) is 6.09 Å². The molecule has 4 heteroatoms. The summed E-state index contributed by atoms with van der Waals surface area (Å²) in [4.78, 5) is 12.1. The highest BCUT2D eigenvalue weighted by Gasteiger charge is 2.38. The van der Waals surface area contributed by atoms with Crippen LogP contribution in [0.1, 0.15) is 85.0 Å². The van der Waals surface area contributed by atoms with Gasteiger partial charge in [0, 0.05) is 18.6 Å². The summed E-state index contributed by atoms with van der Waals surface area (Å²) in [6.07, 6.45) is 13.4. The van der Waals surface area contributed by atoms with Crippen molar-refractivity contribution in [1.29, 1.82) is 0 Å². The van der Waals surface area contributed by atoms with Crippen molar-refractivity contribution in [3.63, 3.8) is 0 Å². The highest BCUT2D eigenvalue weighted by Crippen LogP contribution is 2.41. The average molecular weight is 351 g/mol. The third-order valence-electron chi connectivity index (χ3n) is 6.56. The first-order valence-electron chi connectivity index (χ1n) is 10.7. The Hall–Kier alpha value is -0.770. The fraction of sp³-hybridized carbons (Fsp3) is 0.952. The number of carbonyl (C=O) groups is 1. The maximum atomic E-state index is 12.1. The summed E-state index contributed by atoms with van der Waals surface area (Å²) in [6, 6.07) is 1.08. The number of ether oxygens (including phenoxy) is 1. The smallest absolute Gasteiger partial charge is 0.407 e. The van der Waals surface area contributed by atoms with E-state index < -0.39 is 5.60 Å². The summed E-state index contributed by atoms with van der Waals surface area (Å²) in [5.74, 6) is 2.45. The Labute approximate surface area is 153 Å². The zero-order chi connectivity index (χ0) is 17.9. The maximum Gasteiger partial charge on any atom is 0.407 e. The monoisotopic (exact) mass is 350 g/mol. The van der Waals surface area contributed by atoms with Gasteiger partial charge in [-0.2, -0.15) is 0 Å². The van der Waals surface area contributed by atoms with E-state index in [4.69, 9.17) is 4.74 Å². The molecule has 0 radical (unpaired) electrons. The lowest BCUT2D eigenvalue weighted by molar-refractivity contribution is 0.0506. The van der Waals surface area contributed by atoms with Gasteiger partial charge < -0.3 is 15.4 Å². The zero-order valence-electron chi connectivity index (χ0n) is 16.5. The molecular weight excluding hydrogens is 312 g/mol. The van der Waals surface area contributed by atoms with Crippen LogP contribution in [0.3, 0.4) is 0 Å². The van der Waals surface area contributed by atoms with Gasteiger partial charge in [0.25, 0.3) is 0 Å². The Morgan fingerprint density at radius 1 is 0.920 bits per heavy atom. The van der Waals surface area contributed by atoms with Gasteiger partial charge in [-0.3, -0.25) is 0 Å². The van der Waals surface area contributed by atoms with Gasteiger partial charge in [-0.05, 0) is 77.0 Å². The summed E-state index contributed by atoms with van der Waals surface area (Å²) < 4.78 is 5.44. The van der Waals surface area contributed by atoms with Crippen LogP contribution in [0.15, 0.2) is 0 Å². The van der Waals surface area contributed by atoms with Crippen molar-refractivity contribution < 1.29 is 9.53 Å². The topological polar surface area (TPSA) is 50.4 Å². The number of carbonyl (C=O) groups excluding carboxylic acids is 1. The Morgan fingerprint density at radius 2 is 1.44 bits per heavy atom. The standard InChI is InChI=1S/C21H38N2O2/c1-21(2,3)25-20(24)22-14-18(15-8-4-5-9-15)23-19(16-10-6-11-16)17-12-7-13-17/h15-19,23H,4-14H2,1-3H3,(H,22,24). The van der Waals surface area contributed by atoms with Gasteiger partial charge in [-0.1, -0.05) is 25.7 Å². The van der Waals surface area contributed by atoms with E-state index in [1.165, 1.54) is 64.2 Å². The van der Waals surface area contributed by atoms with E-state index in [0.29, 0.717) is 24.5 Å². The Balaban J connectivity index is 1.57. The number of nitrogens with one attached hydrogen (secondary N) is 2. The van der Waals surface area contributed by atoms with Crippen LogP contribution in [0, 0.1) is 17.8 Å². The van der Waals surface area contributed by atoms with Gasteiger partial charge in [0.05, 0.1) is 0 Å². The minimum Gasteiger partial charge on any atom is -0.444 e. The minimum atomic E-state index is -0.430. The second-order valence-electron chi connectivity index (χ2n) is 9.61. The lowest BCUT2D eigenvalue weighted by Crippen LogP contribution is -2.56. The second kappa shape index (κ2) is 8.28. The van der Waals surface area contributed by atoms with Crippen LogP contribution in [0.5, 0.6) is 0 Å². The van der Waals surface area contributed by atoms with Gasteiger partial charge in [0.2, 0.25) is 0 Å². The molecule has 3 fully saturated rings. The van der Waals surface area contributed by atoms with Crippen molar-refractivity contribution in [3.05, 3.63) is 0 Å². The van der Waals surface area contributed by atoms with Crippen LogP contribution in [0.25, 0.3) is 0 Å². The molecule has 1 atom stereocenters. The number of rotatable bonds is 7. The summed E-state index contributed by atoms with van der Waals surface area (Å²) in [5.41, 5.74) is -0.430. The molecule has 4 nitrogen and oxygen atoms in total. The van der Waals surface area contributed by atoms with Crippen LogP contribution < -0.4 is 10.6 Å². The fourth-order valence-electron chi connectivity index (χ4n) is 4.73. The highest BCUT2D eigenvalue weighted by atomic mass is 16.6. The van der Waals surface area contributed by atoms with Gasteiger partial charge in [0.1, 0.15) is 5.60 Å². The molecule has 0 spiro atoms. The first-order chi connectivity index (χ1) is 11.9. The Morgan fingerprint density at radius 3 is 1.88 bits per heavy atom. The average Bonchev–Trinajstić information content (AvgIpc) is 2.91. The molecule has 0 aromatic carbocycles. The number of hydrogen-bond acceptors (Lipinski definition) is 3. The molecule has 2 N–H and O–H groups in total. The molecule has 0 bridgehead atoms. The Kier molecular flexibility index (Phi) is 6.30. The lowest BCUT2D eigenvalue weighted by Gasteiger charge is -2.45.